The summed E-state index contributed by atoms with van der Waals surface area (Å²) in [4.78, 5) is 10.5. The summed E-state index contributed by atoms with van der Waals surface area (Å²) in [5.74, 6) is -0.156. The van der Waals surface area contributed by atoms with Crippen LogP contribution < -0.4 is 5.73 Å². The van der Waals surface area contributed by atoms with Crippen molar-refractivity contribution in [3.63, 3.8) is 0 Å². The van der Waals surface area contributed by atoms with Gasteiger partial charge in [0.15, 0.2) is 0 Å². The van der Waals surface area contributed by atoms with Gasteiger partial charge >= 0.3 is 0 Å². The SMILES string of the molecule is CCC1=C(CCCCCCCCCCCC(N)=O)C1. The van der Waals surface area contributed by atoms with Gasteiger partial charge in [0.1, 0.15) is 0 Å². The van der Waals surface area contributed by atoms with E-state index in [2.05, 4.69) is 6.92 Å². The summed E-state index contributed by atoms with van der Waals surface area (Å²) in [7, 11) is 0. The van der Waals surface area contributed by atoms with Gasteiger partial charge < -0.3 is 5.73 Å². The lowest BCUT2D eigenvalue weighted by atomic mass is 10.1. The van der Waals surface area contributed by atoms with Gasteiger partial charge in [0.25, 0.3) is 0 Å². The average molecular weight is 265 g/mol. The number of carbonyl (C=O) groups excluding carboxylic acids is 1. The number of hydrogen-bond acceptors (Lipinski definition) is 1. The van der Waals surface area contributed by atoms with Crippen LogP contribution >= 0.6 is 0 Å². The molecule has 1 aliphatic carbocycles. The molecule has 0 fully saturated rings. The molecule has 0 aliphatic heterocycles. The minimum absolute atomic E-state index is 0.156. The maximum absolute atomic E-state index is 10.5. The van der Waals surface area contributed by atoms with Crippen molar-refractivity contribution in [2.45, 2.75) is 90.4 Å². The molecule has 0 aromatic carbocycles. The van der Waals surface area contributed by atoms with Crippen LogP contribution in [0.3, 0.4) is 0 Å². The summed E-state index contributed by atoms with van der Waals surface area (Å²) in [6.07, 6.45) is 16.2. The number of unbranched alkanes of at least 4 members (excludes halogenated alkanes) is 8. The Balaban J connectivity index is 1.72. The van der Waals surface area contributed by atoms with E-state index in [1.165, 1.54) is 64.2 Å². The second kappa shape index (κ2) is 10.1. The molecule has 2 heteroatoms. The van der Waals surface area contributed by atoms with Gasteiger partial charge in [-0.1, -0.05) is 63.0 Å². The van der Waals surface area contributed by atoms with Crippen LogP contribution in [0.1, 0.15) is 90.4 Å². The van der Waals surface area contributed by atoms with Crippen molar-refractivity contribution < 1.29 is 4.79 Å². The lowest BCUT2D eigenvalue weighted by Crippen LogP contribution is -2.09. The molecule has 0 saturated heterocycles. The summed E-state index contributed by atoms with van der Waals surface area (Å²) in [6, 6.07) is 0. The fourth-order valence-corrected chi connectivity index (χ4v) is 2.73. The van der Waals surface area contributed by atoms with Crippen LogP contribution in [0.5, 0.6) is 0 Å². The maximum Gasteiger partial charge on any atom is 0.217 e. The predicted octanol–water partition coefficient (Wildman–Crippen LogP) is 4.87. The molecule has 0 spiro atoms. The highest BCUT2D eigenvalue weighted by atomic mass is 16.1. The molecule has 1 aliphatic rings. The van der Waals surface area contributed by atoms with Gasteiger partial charge in [-0.3, -0.25) is 4.79 Å². The van der Waals surface area contributed by atoms with Crippen LogP contribution in [0, 0.1) is 0 Å². The third kappa shape index (κ3) is 8.85. The first kappa shape index (κ1) is 16.3. The van der Waals surface area contributed by atoms with Crippen LogP contribution in [0.2, 0.25) is 0 Å². The molecule has 0 heterocycles. The second-order valence-corrected chi connectivity index (χ2v) is 5.89. The van der Waals surface area contributed by atoms with Crippen LogP contribution in [-0.4, -0.2) is 5.91 Å². The van der Waals surface area contributed by atoms with E-state index in [1.807, 2.05) is 0 Å². The highest BCUT2D eigenvalue weighted by molar-refractivity contribution is 5.73. The molecule has 0 aromatic rings. The minimum atomic E-state index is -0.156. The third-order valence-corrected chi connectivity index (χ3v) is 4.13. The van der Waals surface area contributed by atoms with Gasteiger partial charge in [-0.05, 0) is 32.1 Å². The molecule has 0 radical (unpaired) electrons. The zero-order chi connectivity index (χ0) is 13.9. The second-order valence-electron chi connectivity index (χ2n) is 5.89. The van der Waals surface area contributed by atoms with Crippen molar-refractivity contribution in [2.24, 2.45) is 5.73 Å². The smallest absolute Gasteiger partial charge is 0.217 e. The van der Waals surface area contributed by atoms with E-state index in [-0.39, 0.29) is 5.91 Å². The molecule has 0 unspecified atom stereocenters. The van der Waals surface area contributed by atoms with E-state index in [4.69, 9.17) is 5.73 Å². The van der Waals surface area contributed by atoms with Crippen molar-refractivity contribution in [3.05, 3.63) is 11.1 Å². The standard InChI is InChI=1S/C17H31NO/c1-2-15-14-16(15)12-10-8-6-4-3-5-7-9-11-13-17(18)19/h2-14H2,1H3,(H2,18,19). The number of allylic oxidation sites excluding steroid dienone is 2. The summed E-state index contributed by atoms with van der Waals surface area (Å²) in [6.45, 7) is 2.27. The largest absolute Gasteiger partial charge is 0.370 e. The number of amides is 1. The van der Waals surface area contributed by atoms with Gasteiger partial charge in [-0.2, -0.15) is 0 Å². The molecule has 0 atom stereocenters. The van der Waals surface area contributed by atoms with Crippen LogP contribution in [0.25, 0.3) is 0 Å². The Bertz CT molecular complexity index is 294. The topological polar surface area (TPSA) is 43.1 Å². The Labute approximate surface area is 118 Å². The Morgan fingerprint density at radius 3 is 1.89 bits per heavy atom. The Hall–Kier alpha value is -0.790. The molecular weight excluding hydrogens is 234 g/mol. The van der Waals surface area contributed by atoms with Crippen molar-refractivity contribution in [1.29, 1.82) is 0 Å². The lowest BCUT2D eigenvalue weighted by molar-refractivity contribution is -0.118. The van der Waals surface area contributed by atoms with Crippen molar-refractivity contribution in [3.8, 4) is 0 Å². The molecule has 2 N–H and O–H groups in total. The molecule has 2 nitrogen and oxygen atoms in total. The first-order valence-corrected chi connectivity index (χ1v) is 8.22. The summed E-state index contributed by atoms with van der Waals surface area (Å²) in [5.41, 5.74) is 8.60. The predicted molar refractivity (Wildman–Crippen MR) is 81.9 cm³/mol. The van der Waals surface area contributed by atoms with E-state index >= 15 is 0 Å². The van der Waals surface area contributed by atoms with Crippen LogP contribution in [0.15, 0.2) is 11.1 Å². The van der Waals surface area contributed by atoms with E-state index in [1.54, 1.807) is 11.1 Å². The quantitative estimate of drug-likeness (QED) is 0.374. The van der Waals surface area contributed by atoms with Gasteiger partial charge in [0.05, 0.1) is 0 Å². The van der Waals surface area contributed by atoms with Crippen molar-refractivity contribution >= 4 is 5.91 Å². The third-order valence-electron chi connectivity index (χ3n) is 4.13. The molecule has 1 amide bonds. The number of rotatable bonds is 13. The fourth-order valence-electron chi connectivity index (χ4n) is 2.73. The van der Waals surface area contributed by atoms with Crippen LogP contribution in [0.4, 0.5) is 0 Å². The number of nitrogens with two attached hydrogens (primary N) is 1. The number of carbonyl (C=O) groups is 1. The molecule has 110 valence electrons. The zero-order valence-electron chi connectivity index (χ0n) is 12.7. The summed E-state index contributed by atoms with van der Waals surface area (Å²) < 4.78 is 0. The van der Waals surface area contributed by atoms with Gasteiger partial charge in [0.2, 0.25) is 5.91 Å². The Morgan fingerprint density at radius 2 is 1.42 bits per heavy atom. The average Bonchev–Trinajstić information content (AvgIpc) is 3.14. The highest BCUT2D eigenvalue weighted by Gasteiger charge is 2.17. The minimum Gasteiger partial charge on any atom is -0.370 e. The molecule has 1 rings (SSSR count). The van der Waals surface area contributed by atoms with Crippen molar-refractivity contribution in [2.75, 3.05) is 0 Å². The number of hydrogen-bond donors (Lipinski definition) is 1. The Kier molecular flexibility index (Phi) is 8.61. The van der Waals surface area contributed by atoms with E-state index in [0.29, 0.717) is 6.42 Å². The Morgan fingerprint density at radius 1 is 0.895 bits per heavy atom. The first-order chi connectivity index (χ1) is 9.24. The number of primary amides is 1. The lowest BCUT2D eigenvalue weighted by Gasteiger charge is -2.01. The summed E-state index contributed by atoms with van der Waals surface area (Å²) >= 11 is 0. The highest BCUT2D eigenvalue weighted by Crippen LogP contribution is 2.37. The van der Waals surface area contributed by atoms with E-state index in [9.17, 15) is 4.79 Å². The molecule has 19 heavy (non-hydrogen) atoms. The van der Waals surface area contributed by atoms with Gasteiger partial charge in [-0.15, -0.1) is 0 Å². The van der Waals surface area contributed by atoms with E-state index in [0.717, 1.165) is 12.8 Å². The normalized spacial score (nSPS) is 13.9. The monoisotopic (exact) mass is 265 g/mol. The van der Waals surface area contributed by atoms with Gasteiger partial charge in [0, 0.05) is 6.42 Å². The fraction of sp³-hybridized carbons (Fsp3) is 0.824. The summed E-state index contributed by atoms with van der Waals surface area (Å²) in [5, 5.41) is 0. The molecule has 0 saturated carbocycles. The van der Waals surface area contributed by atoms with E-state index < -0.39 is 0 Å². The molecule has 0 aromatic heterocycles. The molecule has 0 bridgehead atoms. The van der Waals surface area contributed by atoms with Crippen molar-refractivity contribution in [1.82, 2.24) is 0 Å². The van der Waals surface area contributed by atoms with Crippen LogP contribution in [-0.2, 0) is 4.79 Å². The molecular formula is C17H31NO. The first-order valence-electron chi connectivity index (χ1n) is 8.22. The maximum atomic E-state index is 10.5. The van der Waals surface area contributed by atoms with Gasteiger partial charge in [-0.25, -0.2) is 0 Å². The zero-order valence-corrected chi connectivity index (χ0v) is 12.7.